The molecule has 5 rings (SSSR count). The molecule has 1 fully saturated rings. The summed E-state index contributed by atoms with van der Waals surface area (Å²) >= 11 is 0. The Morgan fingerprint density at radius 1 is 1.06 bits per heavy atom. The van der Waals surface area contributed by atoms with Crippen molar-refractivity contribution in [1.82, 2.24) is 4.90 Å². The van der Waals surface area contributed by atoms with Crippen molar-refractivity contribution in [2.45, 2.75) is 25.4 Å². The molecule has 8 nitrogen and oxygen atoms in total. The largest absolute Gasteiger partial charge is 0.393 e. The number of non-ortho nitro benzene ring substituents is 1. The van der Waals surface area contributed by atoms with Crippen LogP contribution in [0.4, 0.5) is 17.1 Å². The van der Waals surface area contributed by atoms with Gasteiger partial charge in [-0.2, -0.15) is 0 Å². The predicted molar refractivity (Wildman–Crippen MR) is 140 cm³/mol. The van der Waals surface area contributed by atoms with Gasteiger partial charge in [0.2, 0.25) is 0 Å². The lowest BCUT2D eigenvalue weighted by Gasteiger charge is -2.29. The van der Waals surface area contributed by atoms with Crippen molar-refractivity contribution in [1.29, 1.82) is 0 Å². The Kier molecular flexibility index (Phi) is 6.79. The van der Waals surface area contributed by atoms with Crippen LogP contribution in [0.15, 0.2) is 72.8 Å². The van der Waals surface area contributed by atoms with E-state index in [1.165, 1.54) is 17.7 Å². The van der Waals surface area contributed by atoms with Crippen LogP contribution in [0.3, 0.4) is 0 Å². The van der Waals surface area contributed by atoms with Gasteiger partial charge in [0, 0.05) is 48.7 Å². The van der Waals surface area contributed by atoms with Gasteiger partial charge in [-0.25, -0.2) is 0 Å². The summed E-state index contributed by atoms with van der Waals surface area (Å²) < 4.78 is 0. The summed E-state index contributed by atoms with van der Waals surface area (Å²) in [7, 11) is 0. The molecule has 0 aliphatic carbocycles. The Balaban J connectivity index is 1.41. The quantitative estimate of drug-likeness (QED) is 0.258. The highest BCUT2D eigenvalue weighted by molar-refractivity contribution is 6.37. The van der Waals surface area contributed by atoms with Gasteiger partial charge in [-0.15, -0.1) is 0 Å². The standard InChI is InChI=1S/C28H28N4O4/c33-23-13-16-31(17-14-23)15-12-19-6-8-21(9-7-19)29-27(20-4-2-1-3-5-20)26-24-18-22(32(35)36)10-11-25(24)30-28(26)34/h1-11,18,23,29,33H,12-17H2,(H,30,34)/b27-26-. The highest BCUT2D eigenvalue weighted by Crippen LogP contribution is 2.39. The number of carbonyl (C=O) groups is 1. The average molecular weight is 485 g/mol. The number of anilines is 2. The number of hydrogen-bond acceptors (Lipinski definition) is 6. The molecule has 36 heavy (non-hydrogen) atoms. The van der Waals surface area contributed by atoms with E-state index in [9.17, 15) is 20.0 Å². The molecule has 0 aromatic heterocycles. The monoisotopic (exact) mass is 484 g/mol. The van der Waals surface area contributed by atoms with Crippen molar-refractivity contribution in [3.63, 3.8) is 0 Å². The third-order valence-electron chi connectivity index (χ3n) is 6.77. The highest BCUT2D eigenvalue weighted by atomic mass is 16.6. The van der Waals surface area contributed by atoms with Crippen LogP contribution in [0.5, 0.6) is 0 Å². The molecule has 0 unspecified atom stereocenters. The first-order chi connectivity index (χ1) is 17.5. The Bertz CT molecular complexity index is 1300. The van der Waals surface area contributed by atoms with Crippen LogP contribution in [0.1, 0.15) is 29.5 Å². The number of aliphatic hydroxyl groups is 1. The van der Waals surface area contributed by atoms with E-state index < -0.39 is 4.92 Å². The first-order valence-corrected chi connectivity index (χ1v) is 12.1. The van der Waals surface area contributed by atoms with Crippen LogP contribution in [-0.4, -0.2) is 46.6 Å². The molecule has 1 saturated heterocycles. The van der Waals surface area contributed by atoms with Crippen LogP contribution in [0.2, 0.25) is 0 Å². The maximum absolute atomic E-state index is 13.0. The summed E-state index contributed by atoms with van der Waals surface area (Å²) in [5.41, 5.74) is 4.78. The van der Waals surface area contributed by atoms with E-state index in [4.69, 9.17) is 0 Å². The van der Waals surface area contributed by atoms with Gasteiger partial charge >= 0.3 is 0 Å². The Labute approximate surface area is 209 Å². The molecule has 0 bridgehead atoms. The number of rotatable bonds is 7. The minimum absolute atomic E-state index is 0.0669. The number of amides is 1. The third kappa shape index (κ3) is 5.15. The van der Waals surface area contributed by atoms with E-state index in [1.807, 2.05) is 42.5 Å². The van der Waals surface area contributed by atoms with Gasteiger partial charge < -0.3 is 20.6 Å². The van der Waals surface area contributed by atoms with E-state index in [1.54, 1.807) is 6.07 Å². The van der Waals surface area contributed by atoms with Crippen molar-refractivity contribution in [2.24, 2.45) is 0 Å². The second-order valence-electron chi connectivity index (χ2n) is 9.20. The zero-order valence-corrected chi connectivity index (χ0v) is 19.8. The van der Waals surface area contributed by atoms with Crippen molar-refractivity contribution < 1.29 is 14.8 Å². The fraction of sp³-hybridized carbons (Fsp3) is 0.250. The normalized spacial score (nSPS) is 17.4. The number of benzene rings is 3. The fourth-order valence-corrected chi connectivity index (χ4v) is 4.73. The topological polar surface area (TPSA) is 108 Å². The number of hydrogen-bond donors (Lipinski definition) is 3. The van der Waals surface area contributed by atoms with Gasteiger partial charge in [-0.1, -0.05) is 42.5 Å². The van der Waals surface area contributed by atoms with Crippen LogP contribution in [-0.2, 0) is 11.2 Å². The highest BCUT2D eigenvalue weighted by Gasteiger charge is 2.30. The van der Waals surface area contributed by atoms with E-state index in [2.05, 4.69) is 27.7 Å². The second kappa shape index (κ2) is 10.3. The van der Waals surface area contributed by atoms with Crippen LogP contribution >= 0.6 is 0 Å². The maximum atomic E-state index is 13.0. The second-order valence-corrected chi connectivity index (χ2v) is 9.20. The van der Waals surface area contributed by atoms with Gasteiger partial charge in [-0.3, -0.25) is 14.9 Å². The molecule has 3 aromatic carbocycles. The number of nitrogens with one attached hydrogen (secondary N) is 2. The Morgan fingerprint density at radius 2 is 1.78 bits per heavy atom. The van der Waals surface area contributed by atoms with Crippen molar-refractivity contribution in [3.8, 4) is 0 Å². The molecule has 8 heteroatoms. The summed E-state index contributed by atoms with van der Waals surface area (Å²) in [5, 5.41) is 27.3. The first kappa shape index (κ1) is 23.7. The Hall–Kier alpha value is -4.01. The SMILES string of the molecule is O=C1Nc2ccc([N+](=O)[O-])cc2/C1=C(/Nc1ccc(CCN2CCC(O)CC2)cc1)c1ccccc1. The minimum Gasteiger partial charge on any atom is -0.393 e. The van der Waals surface area contributed by atoms with Crippen molar-refractivity contribution >= 4 is 34.2 Å². The average Bonchev–Trinajstić information content (AvgIpc) is 3.23. The number of nitrogens with zero attached hydrogens (tertiary/aromatic N) is 2. The van der Waals surface area contributed by atoms with E-state index in [0.717, 1.165) is 50.1 Å². The predicted octanol–water partition coefficient (Wildman–Crippen LogP) is 4.53. The lowest BCUT2D eigenvalue weighted by molar-refractivity contribution is -0.384. The smallest absolute Gasteiger partial charge is 0.270 e. The van der Waals surface area contributed by atoms with Crippen LogP contribution in [0.25, 0.3) is 11.3 Å². The molecular formula is C28H28N4O4. The summed E-state index contributed by atoms with van der Waals surface area (Å²) in [6, 6.07) is 22.0. The molecule has 0 saturated carbocycles. The number of likely N-dealkylation sites (tertiary alicyclic amines) is 1. The fourth-order valence-electron chi connectivity index (χ4n) is 4.73. The lowest BCUT2D eigenvalue weighted by Crippen LogP contribution is -2.37. The van der Waals surface area contributed by atoms with E-state index >= 15 is 0 Å². The molecule has 0 spiro atoms. The number of fused-ring (bicyclic) bond motifs is 1. The molecule has 1 amide bonds. The molecule has 2 heterocycles. The molecule has 0 radical (unpaired) electrons. The van der Waals surface area contributed by atoms with Gasteiger partial charge in [0.15, 0.2) is 0 Å². The number of nitro benzene ring substituents is 1. The number of piperidine rings is 1. The summed E-state index contributed by atoms with van der Waals surface area (Å²) in [6.07, 6.45) is 2.42. The summed E-state index contributed by atoms with van der Waals surface area (Å²) in [5.74, 6) is -0.305. The van der Waals surface area contributed by atoms with E-state index in [0.29, 0.717) is 22.5 Å². The summed E-state index contributed by atoms with van der Waals surface area (Å²) in [4.78, 5) is 26.3. The number of aliphatic hydroxyl groups excluding tert-OH is 1. The summed E-state index contributed by atoms with van der Waals surface area (Å²) in [6.45, 7) is 2.81. The van der Waals surface area contributed by atoms with Crippen LogP contribution < -0.4 is 10.6 Å². The Morgan fingerprint density at radius 3 is 2.47 bits per heavy atom. The molecule has 184 valence electrons. The zero-order chi connectivity index (χ0) is 25.1. The lowest BCUT2D eigenvalue weighted by atomic mass is 9.99. The molecular weight excluding hydrogens is 456 g/mol. The van der Waals surface area contributed by atoms with Crippen molar-refractivity contribution in [3.05, 3.63) is 99.6 Å². The van der Waals surface area contributed by atoms with E-state index in [-0.39, 0.29) is 17.7 Å². The number of carbonyl (C=O) groups excluding carboxylic acids is 1. The first-order valence-electron chi connectivity index (χ1n) is 12.1. The van der Waals surface area contributed by atoms with Gasteiger partial charge in [0.1, 0.15) is 0 Å². The van der Waals surface area contributed by atoms with Gasteiger partial charge in [0.05, 0.1) is 22.3 Å². The maximum Gasteiger partial charge on any atom is 0.270 e. The molecule has 0 atom stereocenters. The molecule has 3 aromatic rings. The third-order valence-corrected chi connectivity index (χ3v) is 6.77. The minimum atomic E-state index is -0.457. The zero-order valence-electron chi connectivity index (χ0n) is 19.8. The molecule has 2 aliphatic heterocycles. The molecule has 3 N–H and O–H groups in total. The van der Waals surface area contributed by atoms with Gasteiger partial charge in [-0.05, 0) is 48.6 Å². The number of nitro groups is 1. The van der Waals surface area contributed by atoms with Gasteiger partial charge in [0.25, 0.3) is 11.6 Å². The van der Waals surface area contributed by atoms with Crippen molar-refractivity contribution in [2.75, 3.05) is 30.3 Å². The molecule has 2 aliphatic rings. The van der Waals surface area contributed by atoms with Crippen LogP contribution in [0, 0.1) is 10.1 Å².